The molecule has 0 aliphatic heterocycles. The quantitative estimate of drug-likeness (QED) is 0.0672. The molecule has 1 aromatic carbocycles. The Morgan fingerprint density at radius 2 is 0.830 bits per heavy atom. The first-order chi connectivity index (χ1) is 26.1. The van der Waals surface area contributed by atoms with E-state index in [1.807, 2.05) is 0 Å². The van der Waals surface area contributed by atoms with E-state index in [1.54, 1.807) is 0 Å². The molecule has 1 aromatic heterocycles. The molecule has 0 saturated heterocycles. The van der Waals surface area contributed by atoms with Gasteiger partial charge in [-0.2, -0.15) is 0 Å². The van der Waals surface area contributed by atoms with Crippen LogP contribution in [0.2, 0.25) is 0 Å². The molecule has 0 spiro atoms. The summed E-state index contributed by atoms with van der Waals surface area (Å²) in [5.74, 6) is 1.74. The van der Waals surface area contributed by atoms with Gasteiger partial charge in [0.1, 0.15) is 0 Å². The maximum absolute atomic E-state index is 3.97. The third kappa shape index (κ3) is 19.3. The summed E-state index contributed by atoms with van der Waals surface area (Å²) in [6.07, 6.45) is 55.3. The van der Waals surface area contributed by atoms with Gasteiger partial charge in [0.05, 0.1) is 0 Å². The van der Waals surface area contributed by atoms with Crippen LogP contribution >= 0.6 is 0 Å². The van der Waals surface area contributed by atoms with Gasteiger partial charge in [-0.05, 0) is 42.6 Å². The van der Waals surface area contributed by atoms with Crippen molar-refractivity contribution in [3.8, 4) is 0 Å². The lowest BCUT2D eigenvalue weighted by molar-refractivity contribution is 0.185. The Hall–Kier alpha value is -1.50. The molecule has 1 aliphatic rings. The van der Waals surface area contributed by atoms with Gasteiger partial charge in [0, 0.05) is 22.2 Å². The van der Waals surface area contributed by atoms with E-state index >= 15 is 0 Å². The molecule has 2 atom stereocenters. The van der Waals surface area contributed by atoms with E-state index in [1.165, 1.54) is 247 Å². The van der Waals surface area contributed by atoms with Gasteiger partial charge in [-0.15, -0.1) is 0 Å². The highest BCUT2D eigenvalue weighted by molar-refractivity contribution is 5.91. The predicted molar refractivity (Wildman–Crippen MR) is 240 cm³/mol. The zero-order valence-electron chi connectivity index (χ0n) is 36.4. The molecule has 0 bridgehead atoms. The summed E-state index contributed by atoms with van der Waals surface area (Å²) in [6.45, 7) is 9.38. The summed E-state index contributed by atoms with van der Waals surface area (Å²) in [4.78, 5) is 3.97. The number of aromatic nitrogens is 1. The van der Waals surface area contributed by atoms with Gasteiger partial charge in [0.15, 0.2) is 0 Å². The van der Waals surface area contributed by atoms with Crippen LogP contribution in [0.25, 0.3) is 17.0 Å². The fourth-order valence-corrected chi connectivity index (χ4v) is 9.99. The molecule has 53 heavy (non-hydrogen) atoms. The van der Waals surface area contributed by atoms with Gasteiger partial charge in [-0.3, -0.25) is 0 Å². The van der Waals surface area contributed by atoms with Crippen LogP contribution < -0.4 is 0 Å². The average molecular weight is 730 g/mol. The number of hydrogen-bond acceptors (Lipinski definition) is 0. The molecule has 0 radical (unpaired) electrons. The Balaban J connectivity index is 1.75. The van der Waals surface area contributed by atoms with E-state index in [-0.39, 0.29) is 0 Å². The van der Waals surface area contributed by atoms with E-state index in [9.17, 15) is 0 Å². The summed E-state index contributed by atoms with van der Waals surface area (Å²) in [5, 5.41) is 1.43. The van der Waals surface area contributed by atoms with Gasteiger partial charge in [-0.25, -0.2) is 0 Å². The molecule has 2 unspecified atom stereocenters. The van der Waals surface area contributed by atoms with Crippen molar-refractivity contribution in [1.29, 1.82) is 0 Å². The highest BCUT2D eigenvalue weighted by Gasteiger charge is 2.36. The standard InChI is InChI=1S/C52H91N/c1-5-9-13-17-21-23-27-31-37-46(35-29-25-19-15-11-7-3)43-52(42-41-49-48-39-33-34-40-50(48)53-51(49)45-52)44-47(36-30-26-20-16-12-8-4)38-32-28-24-22-18-14-10-6-2/h33-34,39-42,46-47,53H,5-32,35-38,43-45H2,1-4H3. The van der Waals surface area contributed by atoms with E-state index in [0.29, 0.717) is 5.41 Å². The van der Waals surface area contributed by atoms with Crippen LogP contribution in [-0.4, -0.2) is 4.98 Å². The first-order valence-corrected chi connectivity index (χ1v) is 24.4. The predicted octanol–water partition coefficient (Wildman–Crippen LogP) is 18.3. The largest absolute Gasteiger partial charge is 0.358 e. The fraction of sp³-hybridized carbons (Fsp3) is 0.808. The van der Waals surface area contributed by atoms with Crippen molar-refractivity contribution in [1.82, 2.24) is 4.98 Å². The van der Waals surface area contributed by atoms with Crippen molar-refractivity contribution < 1.29 is 0 Å². The number of fused-ring (bicyclic) bond motifs is 3. The van der Waals surface area contributed by atoms with Crippen molar-refractivity contribution >= 4 is 17.0 Å². The Morgan fingerprint density at radius 3 is 1.23 bits per heavy atom. The van der Waals surface area contributed by atoms with Crippen LogP contribution in [-0.2, 0) is 6.42 Å². The summed E-state index contributed by atoms with van der Waals surface area (Å²) < 4.78 is 0. The minimum absolute atomic E-state index is 0.300. The van der Waals surface area contributed by atoms with Gasteiger partial charge >= 0.3 is 0 Å². The summed E-state index contributed by atoms with van der Waals surface area (Å²) in [5.41, 5.74) is 4.66. The maximum atomic E-state index is 3.97. The molecular weight excluding hydrogens is 639 g/mol. The molecule has 1 N–H and O–H groups in total. The third-order valence-corrected chi connectivity index (χ3v) is 13.2. The fourth-order valence-electron chi connectivity index (χ4n) is 9.99. The van der Waals surface area contributed by atoms with Crippen LogP contribution in [0, 0.1) is 17.3 Å². The number of para-hydroxylation sites is 1. The molecular formula is C52H91N. The highest BCUT2D eigenvalue weighted by Crippen LogP contribution is 2.47. The Labute approximate surface area is 332 Å². The first kappa shape index (κ1) is 45.9. The van der Waals surface area contributed by atoms with Gasteiger partial charge in [-0.1, -0.05) is 264 Å². The molecule has 0 saturated carbocycles. The number of aromatic amines is 1. The molecule has 1 heteroatoms. The number of hydrogen-bond donors (Lipinski definition) is 1. The first-order valence-electron chi connectivity index (χ1n) is 24.4. The average Bonchev–Trinajstić information content (AvgIpc) is 3.53. The second kappa shape index (κ2) is 29.7. The normalized spacial score (nSPS) is 16.8. The van der Waals surface area contributed by atoms with Crippen molar-refractivity contribution in [2.75, 3.05) is 0 Å². The minimum atomic E-state index is 0.300. The molecule has 304 valence electrons. The molecule has 3 rings (SSSR count). The lowest BCUT2D eigenvalue weighted by atomic mass is 9.65. The van der Waals surface area contributed by atoms with E-state index < -0.39 is 0 Å². The van der Waals surface area contributed by atoms with Crippen molar-refractivity contribution in [2.24, 2.45) is 17.3 Å². The summed E-state index contributed by atoms with van der Waals surface area (Å²) in [6, 6.07) is 9.08. The van der Waals surface area contributed by atoms with Crippen LogP contribution in [0.15, 0.2) is 30.3 Å². The molecule has 2 aromatic rings. The smallest absolute Gasteiger partial charge is 0.0462 e. The third-order valence-electron chi connectivity index (χ3n) is 13.2. The molecule has 1 heterocycles. The maximum Gasteiger partial charge on any atom is 0.0462 e. The van der Waals surface area contributed by atoms with Crippen molar-refractivity contribution in [3.63, 3.8) is 0 Å². The molecule has 0 fully saturated rings. The lowest BCUT2D eigenvalue weighted by Gasteiger charge is -2.39. The summed E-state index contributed by atoms with van der Waals surface area (Å²) >= 11 is 0. The molecule has 1 nitrogen and oxygen atoms in total. The topological polar surface area (TPSA) is 15.8 Å². The Bertz CT molecular complexity index is 1110. The number of H-pyrrole nitrogens is 1. The number of allylic oxidation sites excluding steroid dienone is 1. The van der Waals surface area contributed by atoms with Crippen molar-refractivity contribution in [3.05, 3.63) is 41.6 Å². The van der Waals surface area contributed by atoms with Crippen LogP contribution in [0.4, 0.5) is 0 Å². The molecule has 0 amide bonds. The number of unbranched alkanes of at least 4 members (excludes halogenated alkanes) is 24. The summed E-state index contributed by atoms with van der Waals surface area (Å²) in [7, 11) is 0. The van der Waals surface area contributed by atoms with E-state index in [0.717, 1.165) is 11.8 Å². The Kier molecular flexibility index (Phi) is 25.8. The zero-order chi connectivity index (χ0) is 37.7. The highest BCUT2D eigenvalue weighted by atomic mass is 14.7. The second-order valence-corrected chi connectivity index (χ2v) is 18.2. The monoisotopic (exact) mass is 730 g/mol. The van der Waals surface area contributed by atoms with Crippen LogP contribution in [0.5, 0.6) is 0 Å². The van der Waals surface area contributed by atoms with E-state index in [2.05, 4.69) is 69.1 Å². The lowest BCUT2D eigenvalue weighted by Crippen LogP contribution is -2.30. The Morgan fingerprint density at radius 1 is 0.472 bits per heavy atom. The van der Waals surface area contributed by atoms with Crippen molar-refractivity contribution in [2.45, 2.75) is 252 Å². The minimum Gasteiger partial charge on any atom is -0.358 e. The van der Waals surface area contributed by atoms with Gasteiger partial charge in [0.25, 0.3) is 0 Å². The van der Waals surface area contributed by atoms with E-state index in [4.69, 9.17) is 0 Å². The number of benzene rings is 1. The molecule has 1 aliphatic carbocycles. The second-order valence-electron chi connectivity index (χ2n) is 18.2. The van der Waals surface area contributed by atoms with Crippen LogP contribution in [0.1, 0.15) is 257 Å². The van der Waals surface area contributed by atoms with Gasteiger partial charge in [0.2, 0.25) is 0 Å². The van der Waals surface area contributed by atoms with Crippen LogP contribution in [0.3, 0.4) is 0 Å². The SMILES string of the molecule is CCCCCCCCCCC(CCCCCCCC)CC1(CC(CCCCCCCC)CCCCCCCCCC)C=Cc2c([nH]c3ccccc23)C1. The number of rotatable bonds is 36. The number of nitrogens with one attached hydrogen (secondary N) is 1. The van der Waals surface area contributed by atoms with Gasteiger partial charge < -0.3 is 4.98 Å². The zero-order valence-corrected chi connectivity index (χ0v) is 36.4.